The molecule has 0 saturated heterocycles. The van der Waals surface area contributed by atoms with Crippen LogP contribution in [0.25, 0.3) is 0 Å². The molecule has 2 aromatic rings. The molecule has 0 aliphatic carbocycles. The highest BCUT2D eigenvalue weighted by Gasteiger charge is 2.32. The van der Waals surface area contributed by atoms with Crippen molar-refractivity contribution in [1.29, 1.82) is 0 Å². The highest BCUT2D eigenvalue weighted by Crippen LogP contribution is 2.48. The molecule has 0 radical (unpaired) electrons. The first kappa shape index (κ1) is 22.7. The Labute approximate surface area is 184 Å². The first-order valence-electron chi connectivity index (χ1n) is 9.90. The average molecular weight is 450 g/mol. The molecule has 0 N–H and O–H groups in total. The predicted molar refractivity (Wildman–Crippen MR) is 121 cm³/mol. The second-order valence-corrected chi connectivity index (χ2v) is 9.00. The lowest BCUT2D eigenvalue weighted by Gasteiger charge is -2.28. The number of ether oxygens (including phenoxy) is 1. The summed E-state index contributed by atoms with van der Waals surface area (Å²) in [6.45, 7) is 2.69. The molecule has 1 aliphatic heterocycles. The van der Waals surface area contributed by atoms with Gasteiger partial charge in [-0.15, -0.1) is 11.8 Å². The van der Waals surface area contributed by atoms with E-state index in [1.165, 1.54) is 23.5 Å². The fourth-order valence-electron chi connectivity index (χ4n) is 3.41. The van der Waals surface area contributed by atoms with E-state index in [-0.39, 0.29) is 12.2 Å². The minimum atomic E-state index is -1.06. The smallest absolute Gasteiger partial charge is 0.197 e. The van der Waals surface area contributed by atoms with E-state index in [0.717, 1.165) is 46.7 Å². The van der Waals surface area contributed by atoms with Gasteiger partial charge in [0.25, 0.3) is 0 Å². The molecule has 160 valence electrons. The molecular formula is C23H25F2NO2S2. The molecule has 1 aliphatic rings. The summed E-state index contributed by atoms with van der Waals surface area (Å²) < 4.78 is 33.9. The molecule has 7 heteroatoms. The normalized spacial score (nSPS) is 19.2. The molecule has 1 heterocycles. The second kappa shape index (κ2) is 10.9. The number of unbranched alkanes of at least 4 members (excludes halogenated alkanes) is 1. The Morgan fingerprint density at radius 1 is 1.33 bits per heavy atom. The number of fused-ring (bicyclic) bond motifs is 1. The number of alkyl halides is 1. The number of aldehydes is 1. The molecule has 3 nitrogen and oxygen atoms in total. The van der Waals surface area contributed by atoms with Gasteiger partial charge in [0.2, 0.25) is 0 Å². The number of hydrogen-bond acceptors (Lipinski definition) is 5. The predicted octanol–water partition coefficient (Wildman–Crippen LogP) is 7.14. The van der Waals surface area contributed by atoms with Crippen molar-refractivity contribution in [1.82, 2.24) is 0 Å². The van der Waals surface area contributed by atoms with Crippen LogP contribution in [0, 0.1) is 5.92 Å². The summed E-state index contributed by atoms with van der Waals surface area (Å²) in [5, 5.41) is 0. The van der Waals surface area contributed by atoms with Crippen LogP contribution in [0.1, 0.15) is 26.2 Å². The molecule has 0 amide bonds. The molecule has 30 heavy (non-hydrogen) atoms. The Kier molecular flexibility index (Phi) is 8.22. The maximum Gasteiger partial charge on any atom is 0.197 e. The number of hydrogen-bond donors (Lipinski definition) is 0. The van der Waals surface area contributed by atoms with E-state index < -0.39 is 11.3 Å². The number of anilines is 2. The van der Waals surface area contributed by atoms with Crippen LogP contribution < -0.4 is 9.64 Å². The summed E-state index contributed by atoms with van der Waals surface area (Å²) in [5.41, 5.74) is 0.853. The van der Waals surface area contributed by atoms with Crippen molar-refractivity contribution in [3.05, 3.63) is 54.6 Å². The molecule has 2 aromatic carbocycles. The Hall–Kier alpha value is -1.99. The lowest BCUT2D eigenvalue weighted by molar-refractivity contribution is -0.106. The van der Waals surface area contributed by atoms with Crippen molar-refractivity contribution in [2.24, 2.45) is 5.92 Å². The molecule has 0 aromatic heterocycles. The monoisotopic (exact) mass is 449 g/mol. The fourth-order valence-corrected chi connectivity index (χ4v) is 5.07. The summed E-state index contributed by atoms with van der Waals surface area (Å²) in [6.07, 6.45) is 5.58. The molecular weight excluding hydrogens is 424 g/mol. The van der Waals surface area contributed by atoms with Gasteiger partial charge in [-0.1, -0.05) is 49.7 Å². The number of halogens is 2. The maximum atomic E-state index is 15.3. The van der Waals surface area contributed by atoms with Crippen LogP contribution in [0.15, 0.2) is 64.3 Å². The fraction of sp³-hybridized carbons (Fsp3) is 0.348. The van der Waals surface area contributed by atoms with Crippen molar-refractivity contribution in [2.45, 2.75) is 41.5 Å². The van der Waals surface area contributed by atoms with Crippen molar-refractivity contribution < 1.29 is 18.3 Å². The topological polar surface area (TPSA) is 29.5 Å². The minimum Gasteiger partial charge on any atom is -0.461 e. The van der Waals surface area contributed by atoms with Gasteiger partial charge in [-0.25, -0.2) is 4.39 Å². The number of thioether (sulfide) groups is 2. The number of nitrogens with zero attached hydrogens (tertiary/aromatic N) is 1. The number of para-hydroxylation sites is 1. The summed E-state index contributed by atoms with van der Waals surface area (Å²) in [7, 11) is 0. The minimum absolute atomic E-state index is 0.0873. The number of rotatable bonds is 8. The first-order valence-corrected chi connectivity index (χ1v) is 12.0. The molecule has 2 atom stereocenters. The van der Waals surface area contributed by atoms with E-state index in [2.05, 4.69) is 11.8 Å². The largest absolute Gasteiger partial charge is 0.461 e. The van der Waals surface area contributed by atoms with Crippen LogP contribution in [0.2, 0.25) is 0 Å². The molecule has 0 bridgehead atoms. The Balaban J connectivity index is 2.06. The van der Waals surface area contributed by atoms with E-state index in [0.29, 0.717) is 12.3 Å². The Morgan fingerprint density at radius 2 is 2.10 bits per heavy atom. The summed E-state index contributed by atoms with van der Waals surface area (Å²) >= 11 is 2.63. The van der Waals surface area contributed by atoms with Crippen LogP contribution in [0.4, 0.5) is 20.2 Å². The summed E-state index contributed by atoms with van der Waals surface area (Å²) in [6, 6.07) is 13.6. The lowest BCUT2D eigenvalue weighted by Crippen LogP contribution is -2.27. The molecule has 3 rings (SSSR count). The van der Waals surface area contributed by atoms with Gasteiger partial charge in [-0.2, -0.15) is 4.39 Å². The van der Waals surface area contributed by atoms with E-state index in [1.807, 2.05) is 42.7 Å². The van der Waals surface area contributed by atoms with Crippen LogP contribution in [-0.4, -0.2) is 24.6 Å². The third kappa shape index (κ3) is 5.38. The van der Waals surface area contributed by atoms with Crippen molar-refractivity contribution >= 4 is 41.2 Å². The van der Waals surface area contributed by atoms with Crippen molar-refractivity contribution in [3.63, 3.8) is 0 Å². The van der Waals surface area contributed by atoms with Crippen LogP contribution >= 0.6 is 23.5 Å². The van der Waals surface area contributed by atoms with E-state index in [1.54, 1.807) is 6.07 Å². The van der Waals surface area contributed by atoms with Gasteiger partial charge < -0.3 is 9.64 Å². The van der Waals surface area contributed by atoms with Gasteiger partial charge in [0.05, 0.1) is 10.6 Å². The van der Waals surface area contributed by atoms with E-state index in [9.17, 15) is 9.18 Å². The zero-order chi connectivity index (χ0) is 21.5. The maximum absolute atomic E-state index is 15.3. The second-order valence-electron chi connectivity index (χ2n) is 7.03. The number of carbonyl (C=O) groups excluding carboxylic acids is 1. The summed E-state index contributed by atoms with van der Waals surface area (Å²) in [4.78, 5) is 14.2. The van der Waals surface area contributed by atoms with Gasteiger partial charge in [0.1, 0.15) is 12.0 Å². The Bertz CT molecular complexity index is 892. The van der Waals surface area contributed by atoms with Crippen LogP contribution in [0.5, 0.6) is 5.75 Å². The summed E-state index contributed by atoms with van der Waals surface area (Å²) in [5.74, 6) is -0.714. The third-order valence-electron chi connectivity index (χ3n) is 4.97. The van der Waals surface area contributed by atoms with Crippen LogP contribution in [0.3, 0.4) is 0 Å². The zero-order valence-corrected chi connectivity index (χ0v) is 18.6. The van der Waals surface area contributed by atoms with Crippen LogP contribution in [-0.2, 0) is 4.79 Å². The van der Waals surface area contributed by atoms with Gasteiger partial charge >= 0.3 is 0 Å². The van der Waals surface area contributed by atoms with Gasteiger partial charge in [0, 0.05) is 23.0 Å². The number of carbonyl (C=O) groups is 1. The average Bonchev–Trinajstić information content (AvgIpc) is 2.91. The van der Waals surface area contributed by atoms with Gasteiger partial charge in [-0.05, 0) is 36.9 Å². The molecule has 0 saturated carbocycles. The lowest BCUT2D eigenvalue weighted by atomic mass is 10.0. The first-order chi connectivity index (χ1) is 14.6. The SMILES string of the molecule is CCCCC1CN(c2ccccc2)c2cc(SC)c(O/C=C(\F)C=O)cc2SC1F. The quantitative estimate of drug-likeness (QED) is 0.185. The van der Waals surface area contributed by atoms with Gasteiger partial charge in [-0.3, -0.25) is 4.79 Å². The van der Waals surface area contributed by atoms with Crippen molar-refractivity contribution in [3.8, 4) is 5.75 Å². The molecule has 0 fully saturated rings. The Morgan fingerprint density at radius 3 is 2.77 bits per heavy atom. The highest BCUT2D eigenvalue weighted by molar-refractivity contribution is 8.00. The van der Waals surface area contributed by atoms with Gasteiger partial charge in [0.15, 0.2) is 17.6 Å². The zero-order valence-electron chi connectivity index (χ0n) is 17.0. The molecule has 2 unspecified atom stereocenters. The van der Waals surface area contributed by atoms with Crippen molar-refractivity contribution in [2.75, 3.05) is 17.7 Å². The standard InChI is InChI=1S/C23H25F2NO2S2/c1-3-4-8-16-13-26(18-9-6-5-7-10-18)19-11-22(29-2)20(28-15-17(24)14-27)12-21(19)30-23(16)25/h5-7,9-12,14-16,23H,3-4,8,13H2,1-2H3/b17-15-. The number of allylic oxidation sites excluding steroid dienone is 1. The number of benzene rings is 2. The van der Waals surface area contributed by atoms with E-state index in [4.69, 9.17) is 4.74 Å². The third-order valence-corrected chi connectivity index (χ3v) is 6.92. The highest BCUT2D eigenvalue weighted by atomic mass is 32.2. The molecule has 0 spiro atoms. The van der Waals surface area contributed by atoms with E-state index >= 15 is 4.39 Å².